The number of carbonyl (C=O) groups excluding carboxylic acids is 2. The van der Waals surface area contributed by atoms with Crippen LogP contribution in [0.15, 0.2) is 79.0 Å². The average molecular weight is 542 g/mol. The van der Waals surface area contributed by atoms with Gasteiger partial charge in [0.15, 0.2) is 5.69 Å². The van der Waals surface area contributed by atoms with Crippen LogP contribution in [0.25, 0.3) is 0 Å². The molecule has 0 spiro atoms. The van der Waals surface area contributed by atoms with E-state index in [0.29, 0.717) is 11.4 Å². The van der Waals surface area contributed by atoms with Crippen LogP contribution in [0.1, 0.15) is 57.4 Å². The van der Waals surface area contributed by atoms with Gasteiger partial charge in [0.05, 0.1) is 36.6 Å². The van der Waals surface area contributed by atoms with Crippen molar-refractivity contribution in [3.63, 3.8) is 0 Å². The topological polar surface area (TPSA) is 100 Å². The van der Waals surface area contributed by atoms with Gasteiger partial charge in [-0.25, -0.2) is 0 Å². The van der Waals surface area contributed by atoms with Gasteiger partial charge in [-0.1, -0.05) is 42.5 Å². The fraction of sp³-hybridized carbons (Fsp3) is 0.200. The van der Waals surface area contributed by atoms with Crippen LogP contribution in [-0.4, -0.2) is 34.7 Å². The number of hydrogen-bond donors (Lipinski definition) is 1. The number of aromatic nitrogens is 2. The summed E-state index contributed by atoms with van der Waals surface area (Å²) in [4.78, 5) is 28.3. The highest BCUT2D eigenvalue weighted by Gasteiger charge is 2.40. The Morgan fingerprint density at radius 2 is 1.70 bits per heavy atom. The highest BCUT2D eigenvalue weighted by Crippen LogP contribution is 2.38. The zero-order valence-corrected chi connectivity index (χ0v) is 21.9. The summed E-state index contributed by atoms with van der Waals surface area (Å²) in [5, 5.41) is 16.4. The number of alkyl halides is 2. The van der Waals surface area contributed by atoms with Crippen molar-refractivity contribution in [1.29, 1.82) is 5.26 Å². The van der Waals surface area contributed by atoms with Gasteiger partial charge in [-0.2, -0.15) is 19.1 Å². The number of halogens is 2. The molecule has 0 aliphatic carbocycles. The number of hydrogen-bond acceptors (Lipinski definition) is 5. The van der Waals surface area contributed by atoms with Gasteiger partial charge in [0.2, 0.25) is 0 Å². The Labute approximate surface area is 229 Å². The van der Waals surface area contributed by atoms with E-state index in [4.69, 9.17) is 4.74 Å². The smallest absolute Gasteiger partial charge is 0.298 e. The number of carbonyl (C=O) groups is 2. The van der Waals surface area contributed by atoms with Crippen molar-refractivity contribution in [2.45, 2.75) is 31.9 Å². The van der Waals surface area contributed by atoms with Crippen LogP contribution >= 0.6 is 0 Å². The molecule has 0 fully saturated rings. The minimum Gasteiger partial charge on any atom is -0.495 e. The number of benzene rings is 3. The third-order valence-corrected chi connectivity index (χ3v) is 7.18. The molecule has 0 saturated carbocycles. The van der Waals surface area contributed by atoms with Gasteiger partial charge >= 0.3 is 0 Å². The van der Waals surface area contributed by atoms with E-state index in [1.54, 1.807) is 22.9 Å². The standard InChI is InChI=1S/C30H25F2N5O3/c1-18-19(2)37-27(25(17-34-37)35-28(38)20-9-14-26(40-3)21(15-20)16-33)29(39)36(18)24-12-10-23(11-13-24)30(31,32)22-7-5-4-6-8-22/h4-15,17-19H,1-3H3,(H,35,38)/t18?,19-/m1/s1. The van der Waals surface area contributed by atoms with Crippen LogP contribution in [0.4, 0.5) is 20.2 Å². The summed E-state index contributed by atoms with van der Waals surface area (Å²) in [6.07, 6.45) is 1.40. The van der Waals surface area contributed by atoms with E-state index in [2.05, 4.69) is 10.4 Å². The van der Waals surface area contributed by atoms with E-state index in [0.717, 1.165) is 0 Å². The number of ether oxygens (including phenoxy) is 1. The lowest BCUT2D eigenvalue weighted by Gasteiger charge is -2.38. The van der Waals surface area contributed by atoms with Crippen LogP contribution in [0.5, 0.6) is 5.75 Å². The molecular weight excluding hydrogens is 516 g/mol. The Kier molecular flexibility index (Phi) is 6.81. The molecule has 1 aromatic heterocycles. The van der Waals surface area contributed by atoms with Crippen LogP contribution in [0.2, 0.25) is 0 Å². The molecule has 5 rings (SSSR count). The first kappa shape index (κ1) is 26.6. The lowest BCUT2D eigenvalue weighted by molar-refractivity contribution is 0.0428. The van der Waals surface area contributed by atoms with E-state index in [1.807, 2.05) is 19.9 Å². The maximum atomic E-state index is 15.1. The molecule has 8 nitrogen and oxygen atoms in total. The number of nitriles is 1. The van der Waals surface area contributed by atoms with E-state index < -0.39 is 17.7 Å². The first-order valence-electron chi connectivity index (χ1n) is 12.5. The number of anilines is 2. The van der Waals surface area contributed by atoms with Crippen molar-refractivity contribution in [2.75, 3.05) is 17.3 Å². The molecule has 2 amide bonds. The summed E-state index contributed by atoms with van der Waals surface area (Å²) in [7, 11) is 1.43. The minimum absolute atomic E-state index is 0.123. The number of nitrogens with zero attached hydrogens (tertiary/aromatic N) is 4. The minimum atomic E-state index is -3.20. The van der Waals surface area contributed by atoms with Crippen LogP contribution in [0.3, 0.4) is 0 Å². The van der Waals surface area contributed by atoms with Gasteiger partial charge in [0.25, 0.3) is 17.7 Å². The van der Waals surface area contributed by atoms with E-state index in [-0.39, 0.29) is 45.7 Å². The second kappa shape index (κ2) is 10.3. The molecule has 1 aliphatic rings. The van der Waals surface area contributed by atoms with Crippen molar-refractivity contribution >= 4 is 23.2 Å². The van der Waals surface area contributed by atoms with Crippen molar-refractivity contribution in [3.8, 4) is 11.8 Å². The molecule has 1 N–H and O–H groups in total. The monoisotopic (exact) mass is 541 g/mol. The van der Waals surface area contributed by atoms with Crippen LogP contribution in [-0.2, 0) is 5.92 Å². The first-order chi connectivity index (χ1) is 19.2. The average Bonchev–Trinajstić information content (AvgIpc) is 3.40. The van der Waals surface area contributed by atoms with E-state index in [9.17, 15) is 14.9 Å². The van der Waals surface area contributed by atoms with E-state index in [1.165, 1.54) is 72.8 Å². The Morgan fingerprint density at radius 3 is 2.35 bits per heavy atom. The first-order valence-corrected chi connectivity index (χ1v) is 12.5. The molecule has 1 aliphatic heterocycles. The summed E-state index contributed by atoms with van der Waals surface area (Å²) in [6, 6.07) is 18.9. The molecule has 2 atom stereocenters. The Hall–Kier alpha value is -5.04. The molecule has 10 heteroatoms. The molecule has 0 radical (unpaired) electrons. The van der Waals surface area contributed by atoms with Gasteiger partial charge in [-0.3, -0.25) is 14.3 Å². The molecular formula is C30H25F2N5O3. The second-order valence-electron chi connectivity index (χ2n) is 9.48. The predicted molar refractivity (Wildman–Crippen MR) is 145 cm³/mol. The molecule has 0 bridgehead atoms. The Bertz CT molecular complexity index is 1630. The van der Waals surface area contributed by atoms with Gasteiger partial charge in [0.1, 0.15) is 11.8 Å². The molecule has 2 heterocycles. The summed E-state index contributed by atoms with van der Waals surface area (Å²) in [5.41, 5.74) is 0.873. The molecule has 202 valence electrons. The largest absolute Gasteiger partial charge is 0.495 e. The summed E-state index contributed by atoms with van der Waals surface area (Å²) in [5.74, 6) is -3.84. The highest BCUT2D eigenvalue weighted by molar-refractivity contribution is 6.13. The summed E-state index contributed by atoms with van der Waals surface area (Å²) in [6.45, 7) is 3.73. The molecule has 1 unspecified atom stereocenters. The maximum Gasteiger partial charge on any atom is 0.298 e. The Balaban J connectivity index is 1.44. The predicted octanol–water partition coefficient (Wildman–Crippen LogP) is 5.77. The van der Waals surface area contributed by atoms with Gasteiger partial charge < -0.3 is 15.0 Å². The quantitative estimate of drug-likeness (QED) is 0.334. The molecule has 4 aromatic rings. The lowest BCUT2D eigenvalue weighted by atomic mass is 9.99. The fourth-order valence-corrected chi connectivity index (χ4v) is 4.82. The zero-order valence-electron chi connectivity index (χ0n) is 21.9. The van der Waals surface area contributed by atoms with Crippen LogP contribution < -0.4 is 15.0 Å². The summed E-state index contributed by atoms with van der Waals surface area (Å²) >= 11 is 0. The Morgan fingerprint density at radius 1 is 1.02 bits per heavy atom. The van der Waals surface area contributed by atoms with Gasteiger partial charge in [-0.15, -0.1) is 0 Å². The molecule has 40 heavy (non-hydrogen) atoms. The number of nitrogens with one attached hydrogen (secondary N) is 1. The summed E-state index contributed by atoms with van der Waals surface area (Å²) < 4.78 is 36.8. The van der Waals surface area contributed by atoms with Gasteiger partial charge in [0, 0.05) is 22.4 Å². The third-order valence-electron chi connectivity index (χ3n) is 7.18. The number of methoxy groups -OCH3 is 1. The van der Waals surface area contributed by atoms with Crippen molar-refractivity contribution in [3.05, 3.63) is 107 Å². The molecule has 3 aromatic carbocycles. The van der Waals surface area contributed by atoms with E-state index >= 15 is 8.78 Å². The second-order valence-corrected chi connectivity index (χ2v) is 9.48. The number of fused-ring (bicyclic) bond motifs is 1. The highest BCUT2D eigenvalue weighted by atomic mass is 19.3. The molecule has 0 saturated heterocycles. The van der Waals surface area contributed by atoms with Crippen LogP contribution in [0, 0.1) is 11.3 Å². The third kappa shape index (κ3) is 4.45. The fourth-order valence-electron chi connectivity index (χ4n) is 4.82. The lowest BCUT2D eigenvalue weighted by Crippen LogP contribution is -2.49. The van der Waals surface area contributed by atoms with Crippen molar-refractivity contribution in [2.24, 2.45) is 0 Å². The SMILES string of the molecule is COc1ccc(C(=O)Nc2cnn3c2C(=O)N(c2ccc(C(F)(F)c4ccccc4)cc2)C(C)[C@H]3C)cc1C#N. The van der Waals surface area contributed by atoms with Crippen molar-refractivity contribution in [1.82, 2.24) is 9.78 Å². The normalized spacial score (nSPS) is 16.7. The van der Waals surface area contributed by atoms with Gasteiger partial charge in [-0.05, 0) is 44.2 Å². The van der Waals surface area contributed by atoms with Crippen molar-refractivity contribution < 1.29 is 23.1 Å². The number of rotatable bonds is 6. The maximum absolute atomic E-state index is 15.1. The zero-order chi connectivity index (χ0) is 28.6. The number of amides is 2.